The number of fused-ring (bicyclic) bond motifs is 1. The van der Waals surface area contributed by atoms with Crippen LogP contribution in [0.4, 0.5) is 5.69 Å². The van der Waals surface area contributed by atoms with Gasteiger partial charge in [0.1, 0.15) is 11.5 Å². The molecule has 0 radical (unpaired) electrons. The fourth-order valence-electron chi connectivity index (χ4n) is 3.53. The molecule has 2 aromatic carbocycles. The van der Waals surface area contributed by atoms with Crippen LogP contribution in [0.1, 0.15) is 36.5 Å². The molecule has 2 heterocycles. The minimum atomic E-state index is -0.632. The summed E-state index contributed by atoms with van der Waals surface area (Å²) in [6.45, 7) is 6.44. The molecule has 0 saturated heterocycles. The summed E-state index contributed by atoms with van der Waals surface area (Å²) in [5.74, 6) is -0.125. The molecule has 36 heavy (non-hydrogen) atoms. The number of nitrogen functional groups attached to an aromatic ring is 1. The van der Waals surface area contributed by atoms with Crippen LogP contribution in [0.15, 0.2) is 60.7 Å². The molecule has 0 amide bonds. The molecular formula is C27H30N4O5. The SMILES string of the molecule is COC(C)(C)OCCCOc1ccccc1-c1ccc2nc(C)c(C(=O)Oc3ccc(N)cc3)n2n1. The number of anilines is 1. The summed E-state index contributed by atoms with van der Waals surface area (Å²) in [6, 6.07) is 17.9. The number of methoxy groups -OCH3 is 1. The summed E-state index contributed by atoms with van der Waals surface area (Å²) in [5, 5.41) is 4.70. The molecule has 9 nitrogen and oxygen atoms in total. The highest BCUT2D eigenvalue weighted by molar-refractivity contribution is 5.91. The van der Waals surface area contributed by atoms with Gasteiger partial charge >= 0.3 is 5.97 Å². The molecule has 0 aliphatic carbocycles. The maximum Gasteiger partial charge on any atom is 0.364 e. The van der Waals surface area contributed by atoms with Gasteiger partial charge in [-0.2, -0.15) is 5.10 Å². The number of aromatic nitrogens is 3. The first-order valence-electron chi connectivity index (χ1n) is 11.6. The second-order valence-corrected chi connectivity index (χ2v) is 8.64. The number of esters is 1. The van der Waals surface area contributed by atoms with E-state index in [1.807, 2.05) is 50.2 Å². The molecule has 0 bridgehead atoms. The first-order chi connectivity index (χ1) is 17.3. The Morgan fingerprint density at radius 3 is 2.53 bits per heavy atom. The highest BCUT2D eigenvalue weighted by Crippen LogP contribution is 2.29. The van der Waals surface area contributed by atoms with Crippen molar-refractivity contribution < 1.29 is 23.7 Å². The molecule has 0 fully saturated rings. The van der Waals surface area contributed by atoms with Crippen LogP contribution in [0.3, 0.4) is 0 Å². The molecular weight excluding hydrogens is 460 g/mol. The third kappa shape index (κ3) is 5.81. The molecule has 9 heteroatoms. The number of benzene rings is 2. The second kappa shape index (κ2) is 10.8. The molecule has 2 N–H and O–H groups in total. The topological polar surface area (TPSA) is 110 Å². The van der Waals surface area contributed by atoms with Gasteiger partial charge < -0.3 is 24.7 Å². The van der Waals surface area contributed by atoms with Gasteiger partial charge in [0.25, 0.3) is 0 Å². The molecule has 0 spiro atoms. The molecule has 188 valence electrons. The number of nitrogens with two attached hydrogens (primary N) is 1. The van der Waals surface area contributed by atoms with Crippen LogP contribution in [-0.4, -0.2) is 46.7 Å². The molecule has 4 aromatic rings. The third-order valence-electron chi connectivity index (χ3n) is 5.59. The van der Waals surface area contributed by atoms with E-state index in [-0.39, 0.29) is 5.69 Å². The Kier molecular flexibility index (Phi) is 7.52. The number of imidazole rings is 1. The summed E-state index contributed by atoms with van der Waals surface area (Å²) in [4.78, 5) is 17.5. The summed E-state index contributed by atoms with van der Waals surface area (Å²) < 4.78 is 24.0. The largest absolute Gasteiger partial charge is 0.493 e. The Bertz CT molecular complexity index is 1350. The number of nitrogens with zero attached hydrogens (tertiary/aromatic N) is 3. The van der Waals surface area contributed by atoms with Crippen LogP contribution in [0.25, 0.3) is 16.9 Å². The Balaban J connectivity index is 1.54. The number of para-hydroxylation sites is 1. The summed E-state index contributed by atoms with van der Waals surface area (Å²) >= 11 is 0. The van der Waals surface area contributed by atoms with Gasteiger partial charge in [-0.3, -0.25) is 0 Å². The van der Waals surface area contributed by atoms with Gasteiger partial charge in [-0.25, -0.2) is 14.3 Å². The number of rotatable bonds is 10. The van der Waals surface area contributed by atoms with Crippen LogP contribution in [0.5, 0.6) is 11.5 Å². The van der Waals surface area contributed by atoms with Gasteiger partial charge in [-0.05, 0) is 69.3 Å². The van der Waals surface area contributed by atoms with Gasteiger partial charge in [-0.15, -0.1) is 0 Å². The molecule has 0 unspecified atom stereocenters. The van der Waals surface area contributed by atoms with E-state index in [1.54, 1.807) is 38.3 Å². The maximum absolute atomic E-state index is 13.0. The van der Waals surface area contributed by atoms with Crippen molar-refractivity contribution in [3.63, 3.8) is 0 Å². The highest BCUT2D eigenvalue weighted by atomic mass is 16.7. The summed E-state index contributed by atoms with van der Waals surface area (Å²) in [6.07, 6.45) is 0.690. The lowest BCUT2D eigenvalue weighted by Crippen LogP contribution is -2.27. The van der Waals surface area contributed by atoms with Crippen molar-refractivity contribution in [3.05, 3.63) is 72.1 Å². The maximum atomic E-state index is 13.0. The van der Waals surface area contributed by atoms with E-state index in [0.717, 1.165) is 5.56 Å². The lowest BCUT2D eigenvalue weighted by Gasteiger charge is -2.23. The van der Waals surface area contributed by atoms with Crippen molar-refractivity contribution in [1.29, 1.82) is 0 Å². The van der Waals surface area contributed by atoms with Crippen molar-refractivity contribution in [2.24, 2.45) is 0 Å². The van der Waals surface area contributed by atoms with Crippen LogP contribution < -0.4 is 15.2 Å². The lowest BCUT2D eigenvalue weighted by molar-refractivity contribution is -0.197. The zero-order chi connectivity index (χ0) is 25.7. The lowest BCUT2D eigenvalue weighted by atomic mass is 10.1. The first-order valence-corrected chi connectivity index (χ1v) is 11.6. The van der Waals surface area contributed by atoms with Crippen molar-refractivity contribution in [2.75, 3.05) is 26.1 Å². The van der Waals surface area contributed by atoms with Gasteiger partial charge in [0.05, 0.1) is 24.6 Å². The molecule has 0 saturated carbocycles. The van der Waals surface area contributed by atoms with Crippen molar-refractivity contribution >= 4 is 17.3 Å². The monoisotopic (exact) mass is 490 g/mol. The van der Waals surface area contributed by atoms with Crippen molar-refractivity contribution in [1.82, 2.24) is 14.6 Å². The summed E-state index contributed by atoms with van der Waals surface area (Å²) in [5.41, 5.74) is 9.03. The van der Waals surface area contributed by atoms with Gasteiger partial charge in [0, 0.05) is 24.8 Å². The van der Waals surface area contributed by atoms with Crippen LogP contribution in [0, 0.1) is 6.92 Å². The predicted octanol–water partition coefficient (Wildman–Crippen LogP) is 4.67. The van der Waals surface area contributed by atoms with Gasteiger partial charge in [-0.1, -0.05) is 12.1 Å². The van der Waals surface area contributed by atoms with Crippen LogP contribution >= 0.6 is 0 Å². The third-order valence-corrected chi connectivity index (χ3v) is 5.59. The fraction of sp³-hybridized carbons (Fsp3) is 0.296. The minimum Gasteiger partial charge on any atom is -0.493 e. The van der Waals surface area contributed by atoms with E-state index in [2.05, 4.69) is 4.98 Å². The highest BCUT2D eigenvalue weighted by Gasteiger charge is 2.21. The molecule has 0 atom stereocenters. The number of aryl methyl sites for hydroxylation is 1. The van der Waals surface area contributed by atoms with Crippen molar-refractivity contribution in [2.45, 2.75) is 33.0 Å². The Hall–Kier alpha value is -3.95. The van der Waals surface area contributed by atoms with Crippen molar-refractivity contribution in [3.8, 4) is 22.8 Å². The predicted molar refractivity (Wildman–Crippen MR) is 136 cm³/mol. The van der Waals surface area contributed by atoms with E-state index in [4.69, 9.17) is 29.8 Å². The zero-order valence-electron chi connectivity index (χ0n) is 20.9. The first kappa shape index (κ1) is 25.2. The van der Waals surface area contributed by atoms with E-state index in [0.29, 0.717) is 53.9 Å². The minimum absolute atomic E-state index is 0.250. The quantitative estimate of drug-likeness (QED) is 0.112. The molecule has 0 aliphatic rings. The Labute approximate surface area is 209 Å². The average molecular weight is 491 g/mol. The number of ether oxygens (including phenoxy) is 4. The van der Waals surface area contributed by atoms with Gasteiger partial charge in [0.15, 0.2) is 17.1 Å². The summed E-state index contributed by atoms with van der Waals surface area (Å²) in [7, 11) is 1.61. The molecule has 0 aliphatic heterocycles. The van der Waals surface area contributed by atoms with Crippen LogP contribution in [0.2, 0.25) is 0 Å². The normalized spacial score (nSPS) is 11.6. The van der Waals surface area contributed by atoms with Gasteiger partial charge in [0.2, 0.25) is 0 Å². The number of carbonyl (C=O) groups excluding carboxylic acids is 1. The van der Waals surface area contributed by atoms with E-state index in [1.165, 1.54) is 4.52 Å². The molecule has 4 rings (SSSR count). The smallest absolute Gasteiger partial charge is 0.364 e. The Morgan fingerprint density at radius 2 is 1.78 bits per heavy atom. The second-order valence-electron chi connectivity index (χ2n) is 8.64. The average Bonchev–Trinajstić information content (AvgIpc) is 3.20. The Morgan fingerprint density at radius 1 is 1.03 bits per heavy atom. The number of hydrogen-bond donors (Lipinski definition) is 1. The van der Waals surface area contributed by atoms with E-state index >= 15 is 0 Å². The number of hydrogen-bond acceptors (Lipinski definition) is 8. The van der Waals surface area contributed by atoms with E-state index in [9.17, 15) is 4.79 Å². The van der Waals surface area contributed by atoms with E-state index < -0.39 is 11.8 Å². The molecule has 2 aromatic heterocycles. The zero-order valence-corrected chi connectivity index (χ0v) is 20.9. The standard InChI is InChI=1S/C27H30N4O5/c1-18-25(26(32)36-20-12-10-19(28)11-13-20)31-24(29-18)15-14-22(30-31)21-8-5-6-9-23(21)34-16-7-17-35-27(2,3)33-4/h5-6,8-15H,7,16-17,28H2,1-4H3. The van der Waals surface area contributed by atoms with Crippen LogP contribution in [-0.2, 0) is 9.47 Å². The fourth-order valence-corrected chi connectivity index (χ4v) is 3.53. The number of carbonyl (C=O) groups is 1.